The first kappa shape index (κ1) is 17.9. The number of nitrogens with zero attached hydrogens (tertiary/aromatic N) is 2. The van der Waals surface area contributed by atoms with Gasteiger partial charge >= 0.3 is 0 Å². The van der Waals surface area contributed by atoms with E-state index in [-0.39, 0.29) is 30.5 Å². The van der Waals surface area contributed by atoms with Gasteiger partial charge in [-0.25, -0.2) is 13.4 Å². The summed E-state index contributed by atoms with van der Waals surface area (Å²) >= 11 is 3.50. The second-order valence-electron chi connectivity index (χ2n) is 5.82. The van der Waals surface area contributed by atoms with Crippen molar-refractivity contribution < 1.29 is 13.2 Å². The van der Waals surface area contributed by atoms with Gasteiger partial charge in [-0.1, -0.05) is 34.1 Å². The molecule has 8 heteroatoms. The molecule has 25 heavy (non-hydrogen) atoms. The van der Waals surface area contributed by atoms with Crippen LogP contribution in [0, 0.1) is 0 Å². The summed E-state index contributed by atoms with van der Waals surface area (Å²) in [5, 5.41) is 3.21. The van der Waals surface area contributed by atoms with Crippen LogP contribution < -0.4 is 5.32 Å². The van der Waals surface area contributed by atoms with Gasteiger partial charge in [-0.2, -0.15) is 0 Å². The Hall–Kier alpha value is -1.93. The molecule has 0 saturated carbocycles. The normalized spacial score (nSPS) is 16.4. The van der Waals surface area contributed by atoms with E-state index in [0.29, 0.717) is 17.9 Å². The third-order valence-corrected chi connectivity index (χ3v) is 6.44. The number of sulfone groups is 1. The second-order valence-corrected chi connectivity index (χ2v) is 8.98. The zero-order chi connectivity index (χ0) is 17.9. The number of anilines is 1. The lowest BCUT2D eigenvalue weighted by molar-refractivity contribution is 0.0770. The number of benzene rings is 1. The van der Waals surface area contributed by atoms with Crippen LogP contribution in [0.3, 0.4) is 0 Å². The highest BCUT2D eigenvalue weighted by molar-refractivity contribution is 9.10. The molecule has 0 unspecified atom stereocenters. The van der Waals surface area contributed by atoms with E-state index in [9.17, 15) is 13.2 Å². The maximum Gasteiger partial charge on any atom is 0.255 e. The van der Waals surface area contributed by atoms with Gasteiger partial charge in [0.05, 0.1) is 17.1 Å². The van der Waals surface area contributed by atoms with Crippen molar-refractivity contribution >= 4 is 37.5 Å². The Kier molecular flexibility index (Phi) is 5.39. The van der Waals surface area contributed by atoms with Crippen LogP contribution in [0.15, 0.2) is 47.1 Å². The van der Waals surface area contributed by atoms with Crippen molar-refractivity contribution in [1.29, 1.82) is 0 Å². The van der Waals surface area contributed by atoms with Gasteiger partial charge in [-0.3, -0.25) is 4.79 Å². The summed E-state index contributed by atoms with van der Waals surface area (Å²) in [5.74, 6) is 0.545. The van der Waals surface area contributed by atoms with E-state index in [0.717, 1.165) is 10.0 Å². The van der Waals surface area contributed by atoms with Gasteiger partial charge in [-0.05, 0) is 23.8 Å². The number of aromatic nitrogens is 1. The summed E-state index contributed by atoms with van der Waals surface area (Å²) in [6.45, 7) is 1.10. The van der Waals surface area contributed by atoms with Crippen molar-refractivity contribution in [2.24, 2.45) is 0 Å². The zero-order valence-corrected chi connectivity index (χ0v) is 15.9. The standard InChI is InChI=1S/C17H18BrN3O3S/c18-15-4-2-1-3-13(15)11-19-16-6-5-14(12-20-16)17(22)21-7-9-25(23,24)10-8-21/h1-6,12H,7-11H2,(H,19,20). The molecule has 1 aliphatic heterocycles. The number of amides is 1. The lowest BCUT2D eigenvalue weighted by atomic mass is 10.2. The molecule has 1 aliphatic rings. The average molecular weight is 424 g/mol. The molecule has 1 aromatic heterocycles. The number of hydrogen-bond acceptors (Lipinski definition) is 5. The number of pyridine rings is 1. The van der Waals surface area contributed by atoms with Crippen molar-refractivity contribution in [3.8, 4) is 0 Å². The Morgan fingerprint density at radius 3 is 2.52 bits per heavy atom. The molecule has 0 radical (unpaired) electrons. The molecule has 1 saturated heterocycles. The Morgan fingerprint density at radius 1 is 1.16 bits per heavy atom. The fraction of sp³-hybridized carbons (Fsp3) is 0.294. The topological polar surface area (TPSA) is 79.4 Å². The molecule has 3 rings (SSSR count). The molecular formula is C17H18BrN3O3S. The Bertz CT molecular complexity index is 855. The predicted molar refractivity (Wildman–Crippen MR) is 100 cm³/mol. The van der Waals surface area contributed by atoms with E-state index >= 15 is 0 Å². The summed E-state index contributed by atoms with van der Waals surface area (Å²) in [4.78, 5) is 18.2. The van der Waals surface area contributed by atoms with E-state index in [1.165, 1.54) is 6.20 Å². The highest BCUT2D eigenvalue weighted by Gasteiger charge is 2.25. The molecule has 1 fully saturated rings. The molecule has 1 aromatic carbocycles. The lowest BCUT2D eigenvalue weighted by Crippen LogP contribution is -2.43. The fourth-order valence-corrected chi connectivity index (χ4v) is 4.18. The molecule has 132 valence electrons. The van der Waals surface area contributed by atoms with Crippen LogP contribution in [0.25, 0.3) is 0 Å². The first-order valence-electron chi connectivity index (χ1n) is 7.88. The molecule has 1 N–H and O–H groups in total. The van der Waals surface area contributed by atoms with Gasteiger partial charge in [0.2, 0.25) is 0 Å². The van der Waals surface area contributed by atoms with Gasteiger partial charge in [0, 0.05) is 30.3 Å². The summed E-state index contributed by atoms with van der Waals surface area (Å²) in [6, 6.07) is 11.4. The smallest absolute Gasteiger partial charge is 0.255 e. The molecular weight excluding hydrogens is 406 g/mol. The van der Waals surface area contributed by atoms with E-state index in [2.05, 4.69) is 26.2 Å². The Balaban J connectivity index is 1.60. The van der Waals surface area contributed by atoms with E-state index in [4.69, 9.17) is 0 Å². The number of nitrogens with one attached hydrogen (secondary N) is 1. The van der Waals surface area contributed by atoms with Crippen LogP contribution in [0.2, 0.25) is 0 Å². The van der Waals surface area contributed by atoms with E-state index in [1.807, 2.05) is 24.3 Å². The van der Waals surface area contributed by atoms with Gasteiger partial charge in [-0.15, -0.1) is 0 Å². The number of carbonyl (C=O) groups excluding carboxylic acids is 1. The van der Waals surface area contributed by atoms with Crippen LogP contribution in [-0.2, 0) is 16.4 Å². The SMILES string of the molecule is O=C(c1ccc(NCc2ccccc2Br)nc1)N1CCS(=O)(=O)CC1. The second kappa shape index (κ2) is 7.53. The molecule has 0 aliphatic carbocycles. The maximum absolute atomic E-state index is 12.4. The van der Waals surface area contributed by atoms with Crippen molar-refractivity contribution in [1.82, 2.24) is 9.88 Å². The van der Waals surface area contributed by atoms with Gasteiger partial charge < -0.3 is 10.2 Å². The largest absolute Gasteiger partial charge is 0.366 e. The maximum atomic E-state index is 12.4. The van der Waals surface area contributed by atoms with Crippen molar-refractivity contribution in [3.05, 3.63) is 58.2 Å². The highest BCUT2D eigenvalue weighted by atomic mass is 79.9. The van der Waals surface area contributed by atoms with Crippen molar-refractivity contribution in [2.75, 3.05) is 29.9 Å². The molecule has 2 aromatic rings. The van der Waals surface area contributed by atoms with Crippen molar-refractivity contribution in [2.45, 2.75) is 6.54 Å². The highest BCUT2D eigenvalue weighted by Crippen LogP contribution is 2.17. The van der Waals surface area contributed by atoms with Gasteiger partial charge in [0.25, 0.3) is 5.91 Å². The van der Waals surface area contributed by atoms with Crippen molar-refractivity contribution in [3.63, 3.8) is 0 Å². The van der Waals surface area contributed by atoms with E-state index < -0.39 is 9.84 Å². The first-order chi connectivity index (χ1) is 11.9. The minimum Gasteiger partial charge on any atom is -0.366 e. The molecule has 0 atom stereocenters. The zero-order valence-electron chi connectivity index (χ0n) is 13.5. The van der Waals surface area contributed by atoms with Crippen LogP contribution in [0.4, 0.5) is 5.82 Å². The number of halogens is 1. The van der Waals surface area contributed by atoms with Crippen LogP contribution in [0.1, 0.15) is 15.9 Å². The summed E-state index contributed by atoms with van der Waals surface area (Å²) in [5.41, 5.74) is 1.57. The number of carbonyl (C=O) groups is 1. The summed E-state index contributed by atoms with van der Waals surface area (Å²) in [6.07, 6.45) is 1.52. The van der Waals surface area contributed by atoms with Gasteiger partial charge in [0.1, 0.15) is 5.82 Å². The fourth-order valence-electron chi connectivity index (χ4n) is 2.55. The quantitative estimate of drug-likeness (QED) is 0.815. The van der Waals surface area contributed by atoms with Crippen LogP contribution in [-0.4, -0.2) is 48.8 Å². The number of hydrogen-bond donors (Lipinski definition) is 1. The van der Waals surface area contributed by atoms with Gasteiger partial charge in [0.15, 0.2) is 9.84 Å². The average Bonchev–Trinajstić information content (AvgIpc) is 2.61. The van der Waals surface area contributed by atoms with E-state index in [1.54, 1.807) is 17.0 Å². The molecule has 0 spiro atoms. The third-order valence-electron chi connectivity index (χ3n) is 4.06. The molecule has 1 amide bonds. The number of rotatable bonds is 4. The summed E-state index contributed by atoms with van der Waals surface area (Å²) in [7, 11) is -3.00. The minimum atomic E-state index is -3.00. The molecule has 2 heterocycles. The minimum absolute atomic E-state index is 0.0256. The Morgan fingerprint density at radius 2 is 1.88 bits per heavy atom. The monoisotopic (exact) mass is 423 g/mol. The third kappa shape index (κ3) is 4.58. The molecule has 6 nitrogen and oxygen atoms in total. The molecule has 0 bridgehead atoms. The van der Waals surface area contributed by atoms with Crippen LogP contribution in [0.5, 0.6) is 0 Å². The van der Waals surface area contributed by atoms with Crippen LogP contribution >= 0.6 is 15.9 Å². The summed E-state index contributed by atoms with van der Waals surface area (Å²) < 4.78 is 23.9. The Labute approximate surface area is 155 Å². The predicted octanol–water partition coefficient (Wildman–Crippen LogP) is 2.33. The lowest BCUT2D eigenvalue weighted by Gasteiger charge is -2.26. The first-order valence-corrected chi connectivity index (χ1v) is 10.5.